The summed E-state index contributed by atoms with van der Waals surface area (Å²) in [6.45, 7) is 7.74. The second-order valence-corrected chi connectivity index (χ2v) is 11.3. The maximum Gasteiger partial charge on any atom is 0.227 e. The molecule has 0 N–H and O–H groups in total. The Labute approximate surface area is 178 Å². The number of likely N-dealkylation sites (N-methyl/N-ethyl adjacent to an activating group) is 1. The zero-order valence-corrected chi connectivity index (χ0v) is 19.2. The van der Waals surface area contributed by atoms with E-state index in [1.54, 1.807) is 4.90 Å². The van der Waals surface area contributed by atoms with Gasteiger partial charge < -0.3 is 9.80 Å². The molecule has 0 spiro atoms. The number of hydrogen-bond acceptors (Lipinski definition) is 3. The van der Waals surface area contributed by atoms with Gasteiger partial charge in [0.2, 0.25) is 5.91 Å². The van der Waals surface area contributed by atoms with E-state index in [0.29, 0.717) is 12.5 Å². The fraction of sp³-hybridized carbons (Fsp3) is 0.542. The lowest BCUT2D eigenvalue weighted by Gasteiger charge is -2.35. The highest BCUT2D eigenvalue weighted by Gasteiger charge is 2.30. The van der Waals surface area contributed by atoms with Gasteiger partial charge in [0.05, 0.1) is 6.04 Å². The van der Waals surface area contributed by atoms with Crippen LogP contribution in [-0.2, 0) is 22.8 Å². The quantitative estimate of drug-likeness (QED) is 0.726. The molecule has 4 rings (SSSR count). The van der Waals surface area contributed by atoms with Gasteiger partial charge in [-0.2, -0.15) is 0 Å². The number of thiol groups is 1. The molecule has 156 valence electrons. The summed E-state index contributed by atoms with van der Waals surface area (Å²) >= 11 is 1.18. The fourth-order valence-corrected chi connectivity index (χ4v) is 5.31. The van der Waals surface area contributed by atoms with Crippen molar-refractivity contribution in [1.29, 1.82) is 0 Å². The smallest absolute Gasteiger partial charge is 0.227 e. The van der Waals surface area contributed by atoms with E-state index in [-0.39, 0.29) is 10.7 Å². The van der Waals surface area contributed by atoms with E-state index >= 15 is 0 Å². The van der Waals surface area contributed by atoms with Gasteiger partial charge in [0.1, 0.15) is 0 Å². The van der Waals surface area contributed by atoms with Gasteiger partial charge in [-0.05, 0) is 60.1 Å². The second-order valence-electron chi connectivity index (χ2n) is 9.55. The predicted molar refractivity (Wildman–Crippen MR) is 124 cm³/mol. The summed E-state index contributed by atoms with van der Waals surface area (Å²) in [6.07, 6.45) is 7.26. The van der Waals surface area contributed by atoms with Crippen LogP contribution in [0.25, 0.3) is 5.57 Å². The lowest BCUT2D eigenvalue weighted by atomic mass is 9.80. The summed E-state index contributed by atoms with van der Waals surface area (Å²) in [5.74, 6) is 0.210. The molecule has 4 nitrogen and oxygen atoms in total. The molecule has 0 radical (unpaired) electrons. The first kappa shape index (κ1) is 20.4. The third-order valence-corrected chi connectivity index (χ3v) is 7.01. The lowest BCUT2D eigenvalue weighted by Crippen LogP contribution is -2.31. The van der Waals surface area contributed by atoms with Crippen LogP contribution in [0.2, 0.25) is 0 Å². The second kappa shape index (κ2) is 7.75. The number of anilines is 1. The number of hydrogen-bond donors (Lipinski definition) is 1. The van der Waals surface area contributed by atoms with Crippen LogP contribution in [-0.4, -0.2) is 42.2 Å². The summed E-state index contributed by atoms with van der Waals surface area (Å²) in [4.78, 5) is 16.1. The standard InChI is InChI=1S/C24H33N3OS/c1-24(2,3)29-25-21-8-6-7-18-19(14-26(4)15-20(18)21)16-9-11-22-17(13-16)10-12-23(28)27(22)5/h9,11,13-14,21,29H,6-8,10,12,15H2,1-5H3/t21-/m1/s1. The molecule has 0 unspecified atom stereocenters. The molecular weight excluding hydrogens is 378 g/mol. The van der Waals surface area contributed by atoms with Crippen LogP contribution < -0.4 is 4.90 Å². The molecule has 0 saturated heterocycles. The molecule has 5 heteroatoms. The number of carbonyl (C=O) groups is 1. The van der Waals surface area contributed by atoms with Gasteiger partial charge in [0.25, 0.3) is 0 Å². The molecule has 3 aliphatic rings. The summed E-state index contributed by atoms with van der Waals surface area (Å²) in [5, 5.41) is 0. The average Bonchev–Trinajstić information content (AvgIpc) is 2.68. The molecule has 1 aliphatic carbocycles. The largest absolute Gasteiger partial charge is 0.376 e. The van der Waals surface area contributed by atoms with Crippen molar-refractivity contribution in [2.24, 2.45) is 4.36 Å². The Morgan fingerprint density at radius 2 is 1.93 bits per heavy atom. The third kappa shape index (κ3) is 4.20. The molecule has 2 heterocycles. The van der Waals surface area contributed by atoms with Crippen LogP contribution in [0.3, 0.4) is 0 Å². The molecule has 29 heavy (non-hydrogen) atoms. The van der Waals surface area contributed by atoms with Crippen molar-refractivity contribution < 1.29 is 4.79 Å². The van der Waals surface area contributed by atoms with Crippen molar-refractivity contribution in [1.82, 2.24) is 4.90 Å². The number of carbonyl (C=O) groups excluding carboxylic acids is 1. The summed E-state index contributed by atoms with van der Waals surface area (Å²) in [6, 6.07) is 6.97. The van der Waals surface area contributed by atoms with Crippen LogP contribution in [0, 0.1) is 0 Å². The highest BCUT2D eigenvalue weighted by Crippen LogP contribution is 2.41. The zero-order chi connectivity index (χ0) is 20.8. The maximum absolute atomic E-state index is 12.0. The van der Waals surface area contributed by atoms with Crippen molar-refractivity contribution in [3.63, 3.8) is 0 Å². The molecule has 1 aromatic carbocycles. The molecule has 0 aromatic heterocycles. The minimum absolute atomic E-state index is 0.208. The first-order valence-electron chi connectivity index (χ1n) is 10.7. The highest BCUT2D eigenvalue weighted by atomic mass is 32.1. The van der Waals surface area contributed by atoms with Crippen LogP contribution in [0.1, 0.15) is 57.6 Å². The number of nitrogens with zero attached hydrogens (tertiary/aromatic N) is 3. The summed E-state index contributed by atoms with van der Waals surface area (Å²) in [7, 11) is 4.05. The van der Waals surface area contributed by atoms with E-state index < -0.39 is 0 Å². The molecule has 2 aliphatic heterocycles. The van der Waals surface area contributed by atoms with Gasteiger partial charge in [-0.15, -0.1) is 11.6 Å². The Kier molecular flexibility index (Phi) is 5.45. The molecule has 0 saturated carbocycles. The van der Waals surface area contributed by atoms with E-state index in [2.05, 4.69) is 57.1 Å². The Morgan fingerprint density at radius 3 is 2.69 bits per heavy atom. The maximum atomic E-state index is 12.0. The van der Waals surface area contributed by atoms with E-state index in [1.807, 2.05) is 7.05 Å². The number of allylic oxidation sites excluding steroid dienone is 2. The minimum Gasteiger partial charge on any atom is -0.376 e. The van der Waals surface area contributed by atoms with Gasteiger partial charge in [-0.25, -0.2) is 0 Å². The number of fused-ring (bicyclic) bond motifs is 1. The Balaban J connectivity index is 1.71. The monoisotopic (exact) mass is 411 g/mol. The number of amides is 1. The number of benzene rings is 1. The van der Waals surface area contributed by atoms with Gasteiger partial charge in [0, 0.05) is 49.3 Å². The van der Waals surface area contributed by atoms with Gasteiger partial charge in [-0.1, -0.05) is 26.8 Å². The average molecular weight is 412 g/mol. The number of aryl methyl sites for hydroxylation is 1. The first-order valence-corrected chi connectivity index (χ1v) is 11.5. The lowest BCUT2D eigenvalue weighted by molar-refractivity contribution is -0.118. The van der Waals surface area contributed by atoms with Crippen molar-refractivity contribution in [3.05, 3.63) is 46.7 Å². The molecule has 0 fully saturated rings. The van der Waals surface area contributed by atoms with E-state index in [0.717, 1.165) is 25.1 Å². The topological polar surface area (TPSA) is 35.9 Å². The Bertz CT molecular complexity index is 923. The van der Waals surface area contributed by atoms with Crippen LogP contribution in [0.15, 0.2) is 39.9 Å². The van der Waals surface area contributed by atoms with E-state index in [9.17, 15) is 4.79 Å². The van der Waals surface area contributed by atoms with Crippen molar-refractivity contribution in [3.8, 4) is 0 Å². The summed E-state index contributed by atoms with van der Waals surface area (Å²) < 4.78 is 5.31. The highest BCUT2D eigenvalue weighted by molar-refractivity contribution is 7.69. The zero-order valence-electron chi connectivity index (χ0n) is 18.3. The fourth-order valence-electron chi connectivity index (χ4n) is 4.57. The van der Waals surface area contributed by atoms with Gasteiger partial charge in [-0.3, -0.25) is 9.16 Å². The van der Waals surface area contributed by atoms with E-state index in [4.69, 9.17) is 4.36 Å². The SMILES string of the molecule is CN1C=C(c2ccc3c(c2)CCC(=O)N3C)C2=C(C1)[C@H](N=[SH]C(C)(C)C)CCC2. The van der Waals surface area contributed by atoms with Gasteiger partial charge in [0.15, 0.2) is 0 Å². The van der Waals surface area contributed by atoms with Gasteiger partial charge >= 0.3 is 0 Å². The Morgan fingerprint density at radius 1 is 1.14 bits per heavy atom. The van der Waals surface area contributed by atoms with Crippen LogP contribution in [0.5, 0.6) is 0 Å². The van der Waals surface area contributed by atoms with Crippen molar-refractivity contribution in [2.45, 2.75) is 63.7 Å². The summed E-state index contributed by atoms with van der Waals surface area (Å²) in [5.41, 5.74) is 7.99. The first-order chi connectivity index (χ1) is 13.7. The van der Waals surface area contributed by atoms with Crippen molar-refractivity contribution in [2.75, 3.05) is 25.5 Å². The normalized spacial score (nSPS) is 23.0. The molecule has 1 amide bonds. The minimum atomic E-state index is 0.208. The molecule has 1 atom stereocenters. The van der Waals surface area contributed by atoms with Crippen LogP contribution in [0.4, 0.5) is 5.69 Å². The molecule has 1 aromatic rings. The molecular formula is C24H33N3OS. The van der Waals surface area contributed by atoms with Crippen molar-refractivity contribution >= 4 is 28.7 Å². The number of rotatable bonds is 2. The Hall–Kier alpha value is -1.88. The third-order valence-electron chi connectivity index (χ3n) is 6.02. The molecule has 0 bridgehead atoms. The van der Waals surface area contributed by atoms with E-state index in [1.165, 1.54) is 52.2 Å². The van der Waals surface area contributed by atoms with Crippen LogP contribution >= 0.6 is 0 Å². The predicted octanol–water partition coefficient (Wildman–Crippen LogP) is 4.53.